The molecule has 2 heteroatoms. The van der Waals surface area contributed by atoms with Crippen LogP contribution in [0, 0.1) is 46.8 Å². The van der Waals surface area contributed by atoms with Crippen LogP contribution in [0.3, 0.4) is 0 Å². The molecule has 4 aliphatic carbocycles. The van der Waals surface area contributed by atoms with Gasteiger partial charge in [0.15, 0.2) is 0 Å². The van der Waals surface area contributed by atoms with Crippen molar-refractivity contribution in [1.82, 2.24) is 0 Å². The summed E-state index contributed by atoms with van der Waals surface area (Å²) >= 11 is 0. The van der Waals surface area contributed by atoms with Crippen LogP contribution in [0.5, 0.6) is 0 Å². The lowest BCUT2D eigenvalue weighted by Gasteiger charge is -2.61. The van der Waals surface area contributed by atoms with Crippen molar-refractivity contribution in [2.24, 2.45) is 34.5 Å². The highest BCUT2D eigenvalue weighted by Gasteiger charge is 2.61. The van der Waals surface area contributed by atoms with Crippen LogP contribution >= 0.6 is 0 Å². The van der Waals surface area contributed by atoms with Crippen LogP contribution in [0.25, 0.3) is 0 Å². The Kier molecular flexibility index (Phi) is 4.29. The van der Waals surface area contributed by atoms with E-state index in [1.54, 1.807) is 0 Å². The highest BCUT2D eigenvalue weighted by Crippen LogP contribution is 2.67. The minimum atomic E-state index is -0.429. The molecule has 8 atom stereocenters. The standard InChI is InChI=1S/C23H36O2/c1-5-14-25-20-9-8-18-17-7-6-16-15-21(2,24)12-13-22(16,3)19(17)10-11-23(18,20)4/h1,16-20,24H,6-15H2,2-4H3/t16-,17-,18-,19-,20-,21-,22-,23-/m0/s1. The average Bonchev–Trinajstić information content (AvgIpc) is 2.90. The van der Waals surface area contributed by atoms with E-state index in [1.165, 1.54) is 44.9 Å². The molecular formula is C23H36O2. The molecule has 0 aromatic rings. The van der Waals surface area contributed by atoms with E-state index in [9.17, 15) is 5.11 Å². The molecule has 2 nitrogen and oxygen atoms in total. The Morgan fingerprint density at radius 1 is 0.960 bits per heavy atom. The Morgan fingerprint density at radius 2 is 1.72 bits per heavy atom. The molecule has 0 saturated heterocycles. The van der Waals surface area contributed by atoms with Gasteiger partial charge in [0.25, 0.3) is 0 Å². The van der Waals surface area contributed by atoms with Crippen LogP contribution in [-0.4, -0.2) is 23.4 Å². The van der Waals surface area contributed by atoms with E-state index in [0.717, 1.165) is 36.5 Å². The van der Waals surface area contributed by atoms with Gasteiger partial charge in [0.05, 0.1) is 11.7 Å². The number of ether oxygens (including phenoxy) is 1. The third-order valence-electron chi connectivity index (χ3n) is 9.23. The molecule has 0 aromatic carbocycles. The monoisotopic (exact) mass is 344 g/mol. The lowest BCUT2D eigenvalue weighted by molar-refractivity contribution is -0.154. The molecule has 0 amide bonds. The molecular weight excluding hydrogens is 308 g/mol. The number of fused-ring (bicyclic) bond motifs is 5. The van der Waals surface area contributed by atoms with Gasteiger partial charge in [-0.05, 0) is 99.2 Å². The molecule has 140 valence electrons. The van der Waals surface area contributed by atoms with E-state index in [4.69, 9.17) is 11.2 Å². The minimum Gasteiger partial charge on any atom is -0.390 e. The first-order valence-electron chi connectivity index (χ1n) is 10.6. The number of hydrogen-bond acceptors (Lipinski definition) is 2. The average molecular weight is 345 g/mol. The molecule has 4 rings (SSSR count). The SMILES string of the molecule is C#CCO[C@H]1CC[C@H]2[C@@H]3CC[C@H]4C[C@@](C)(O)CC[C@]4(C)[C@H]3CC[C@]12C. The lowest BCUT2D eigenvalue weighted by Crippen LogP contribution is -2.56. The zero-order valence-electron chi connectivity index (χ0n) is 16.4. The summed E-state index contributed by atoms with van der Waals surface area (Å²) in [5, 5.41) is 10.6. The number of rotatable bonds is 2. The van der Waals surface area contributed by atoms with Gasteiger partial charge in [-0.25, -0.2) is 0 Å². The van der Waals surface area contributed by atoms with Crippen molar-refractivity contribution in [2.45, 2.75) is 90.3 Å². The van der Waals surface area contributed by atoms with Gasteiger partial charge >= 0.3 is 0 Å². The third kappa shape index (κ3) is 2.69. The van der Waals surface area contributed by atoms with Gasteiger partial charge in [-0.15, -0.1) is 6.42 Å². The van der Waals surface area contributed by atoms with E-state index in [0.29, 0.717) is 23.5 Å². The third-order valence-corrected chi connectivity index (χ3v) is 9.23. The summed E-state index contributed by atoms with van der Waals surface area (Å²) < 4.78 is 6.09. The first-order chi connectivity index (χ1) is 11.8. The first-order valence-corrected chi connectivity index (χ1v) is 10.6. The molecule has 4 aliphatic rings. The maximum absolute atomic E-state index is 10.6. The Bertz CT molecular complexity index is 561. The van der Waals surface area contributed by atoms with Gasteiger partial charge in [0.2, 0.25) is 0 Å². The highest BCUT2D eigenvalue weighted by molar-refractivity contribution is 5.10. The molecule has 0 aromatic heterocycles. The summed E-state index contributed by atoms with van der Waals surface area (Å²) in [5.41, 5.74) is 0.354. The maximum Gasteiger partial charge on any atom is 0.107 e. The van der Waals surface area contributed by atoms with Crippen molar-refractivity contribution in [1.29, 1.82) is 0 Å². The summed E-state index contributed by atoms with van der Waals surface area (Å²) in [6, 6.07) is 0. The molecule has 0 aliphatic heterocycles. The molecule has 0 radical (unpaired) electrons. The number of aliphatic hydroxyl groups is 1. The van der Waals surface area contributed by atoms with Crippen LogP contribution in [0.1, 0.15) is 78.6 Å². The molecule has 0 spiro atoms. The van der Waals surface area contributed by atoms with Crippen LogP contribution in [0.15, 0.2) is 0 Å². The summed E-state index contributed by atoms with van der Waals surface area (Å²) in [7, 11) is 0. The molecule has 0 bridgehead atoms. The molecule has 4 fully saturated rings. The molecule has 0 heterocycles. The van der Waals surface area contributed by atoms with Crippen molar-refractivity contribution in [2.75, 3.05) is 6.61 Å². The highest BCUT2D eigenvalue weighted by atomic mass is 16.5. The normalized spacial score (nSPS) is 54.9. The van der Waals surface area contributed by atoms with Crippen molar-refractivity contribution >= 4 is 0 Å². The first kappa shape index (κ1) is 17.9. The quantitative estimate of drug-likeness (QED) is 0.729. The maximum atomic E-state index is 10.6. The van der Waals surface area contributed by atoms with Gasteiger partial charge in [0, 0.05) is 0 Å². The van der Waals surface area contributed by atoms with Gasteiger partial charge in [-0.3, -0.25) is 0 Å². The Labute approximate surface area is 154 Å². The predicted octanol–water partition coefficient (Wildman–Crippen LogP) is 4.80. The zero-order chi connectivity index (χ0) is 17.9. The van der Waals surface area contributed by atoms with Crippen LogP contribution < -0.4 is 0 Å². The lowest BCUT2D eigenvalue weighted by atomic mass is 9.44. The molecule has 4 saturated carbocycles. The van der Waals surface area contributed by atoms with E-state index < -0.39 is 5.60 Å². The van der Waals surface area contributed by atoms with Crippen LogP contribution in [-0.2, 0) is 4.74 Å². The Morgan fingerprint density at radius 3 is 2.48 bits per heavy atom. The van der Waals surface area contributed by atoms with Gasteiger partial charge in [-0.2, -0.15) is 0 Å². The summed E-state index contributed by atoms with van der Waals surface area (Å²) in [5.74, 6) is 5.92. The predicted molar refractivity (Wildman–Crippen MR) is 101 cm³/mol. The molecule has 25 heavy (non-hydrogen) atoms. The van der Waals surface area contributed by atoms with Gasteiger partial charge in [-0.1, -0.05) is 19.8 Å². The van der Waals surface area contributed by atoms with Crippen molar-refractivity contribution in [3.05, 3.63) is 0 Å². The molecule has 1 N–H and O–H groups in total. The zero-order valence-corrected chi connectivity index (χ0v) is 16.4. The number of terminal acetylenes is 1. The van der Waals surface area contributed by atoms with Gasteiger partial charge in [0.1, 0.15) is 6.61 Å². The van der Waals surface area contributed by atoms with Gasteiger partial charge < -0.3 is 9.84 Å². The fourth-order valence-electron chi connectivity index (χ4n) is 7.81. The van der Waals surface area contributed by atoms with E-state index in [1.807, 2.05) is 0 Å². The van der Waals surface area contributed by atoms with Crippen molar-refractivity contribution in [3.63, 3.8) is 0 Å². The minimum absolute atomic E-state index is 0.335. The van der Waals surface area contributed by atoms with E-state index in [-0.39, 0.29) is 0 Å². The second-order valence-corrected chi connectivity index (χ2v) is 10.5. The summed E-state index contributed by atoms with van der Waals surface area (Å²) in [6.07, 6.45) is 16.9. The number of hydrogen-bond donors (Lipinski definition) is 1. The van der Waals surface area contributed by atoms with Crippen LogP contribution in [0.2, 0.25) is 0 Å². The molecule has 0 unspecified atom stereocenters. The topological polar surface area (TPSA) is 29.5 Å². The summed E-state index contributed by atoms with van der Waals surface area (Å²) in [4.78, 5) is 0. The van der Waals surface area contributed by atoms with Crippen molar-refractivity contribution in [3.8, 4) is 12.3 Å². The Balaban J connectivity index is 1.55. The van der Waals surface area contributed by atoms with E-state index >= 15 is 0 Å². The fourth-order valence-corrected chi connectivity index (χ4v) is 7.81. The van der Waals surface area contributed by atoms with E-state index in [2.05, 4.69) is 26.7 Å². The largest absolute Gasteiger partial charge is 0.390 e. The second-order valence-electron chi connectivity index (χ2n) is 10.5. The smallest absolute Gasteiger partial charge is 0.107 e. The van der Waals surface area contributed by atoms with Crippen LogP contribution in [0.4, 0.5) is 0 Å². The Hall–Kier alpha value is -0.520. The summed E-state index contributed by atoms with van der Waals surface area (Å²) in [6.45, 7) is 7.58. The van der Waals surface area contributed by atoms with Crippen molar-refractivity contribution < 1.29 is 9.84 Å². The fraction of sp³-hybridized carbons (Fsp3) is 0.913. The second kappa shape index (κ2) is 6.00.